The van der Waals surface area contributed by atoms with Gasteiger partial charge in [-0.2, -0.15) is 5.26 Å². The monoisotopic (exact) mass is 1120 g/mol. The fourth-order valence-corrected chi connectivity index (χ4v) is 14.0. The summed E-state index contributed by atoms with van der Waals surface area (Å²) in [6.45, 7) is 11.1. The number of hydrogen-bond acceptors (Lipinski definition) is 19. The standard InChI is InChI=1S/C58H85NO16S2/c1-4-49(60)70-35-13-9-7-11-33-68-42-23-27-44(28-24-42)72-53(62)38-15-19-40(20-16-38)55(64)74-47-31-32-48(52-51(47)76-58(77-52)46(37-59)57(66)67-6-3)75-56(65)41-21-17-39(18-22-41)54(63)73-45-29-25-43(26-30-45)69-34-12-8-10-14-36-71-50(61)5-2/h4-5,31-32,38-45,49,51-53,57,60,62,66H,1-2,6-30,33-36H2,3H3/b58-46-. The molecule has 0 amide bonds. The lowest BCUT2D eigenvalue weighted by Crippen LogP contribution is -2.36. The molecular formula is C58H85NO16S2. The van der Waals surface area contributed by atoms with E-state index in [0.717, 1.165) is 103 Å². The molecule has 5 atom stereocenters. The zero-order valence-corrected chi connectivity index (χ0v) is 46.8. The van der Waals surface area contributed by atoms with Gasteiger partial charge in [0.15, 0.2) is 18.9 Å². The summed E-state index contributed by atoms with van der Waals surface area (Å²) in [6, 6.07) is 2.08. The van der Waals surface area contributed by atoms with Gasteiger partial charge >= 0.3 is 23.9 Å². The van der Waals surface area contributed by atoms with Crippen LogP contribution in [0, 0.1) is 35.0 Å². The van der Waals surface area contributed by atoms with Crippen LogP contribution in [0.1, 0.15) is 161 Å². The summed E-state index contributed by atoms with van der Waals surface area (Å²) in [5, 5.41) is 40.2. The van der Waals surface area contributed by atoms with E-state index >= 15 is 0 Å². The quantitative estimate of drug-likeness (QED) is 0.0111. The third kappa shape index (κ3) is 20.5. The molecule has 77 heavy (non-hydrogen) atoms. The highest BCUT2D eigenvalue weighted by atomic mass is 32.2. The Morgan fingerprint density at radius 1 is 0.623 bits per heavy atom. The van der Waals surface area contributed by atoms with Crippen molar-refractivity contribution >= 4 is 47.4 Å². The number of ether oxygens (including phenoxy) is 9. The number of carbonyl (C=O) groups is 4. The zero-order chi connectivity index (χ0) is 54.9. The van der Waals surface area contributed by atoms with Crippen molar-refractivity contribution in [1.82, 2.24) is 0 Å². The van der Waals surface area contributed by atoms with E-state index in [9.17, 15) is 39.8 Å². The molecule has 17 nitrogen and oxygen atoms in total. The van der Waals surface area contributed by atoms with E-state index in [4.69, 9.17) is 42.6 Å². The van der Waals surface area contributed by atoms with Crippen LogP contribution in [-0.2, 0) is 61.8 Å². The summed E-state index contributed by atoms with van der Waals surface area (Å²) in [5.74, 6) is -1.90. The normalized spacial score (nSPS) is 29.2. The van der Waals surface area contributed by atoms with Gasteiger partial charge < -0.3 is 58.0 Å². The number of allylic oxidation sites excluding steroid dienone is 2. The van der Waals surface area contributed by atoms with Crippen LogP contribution in [0.3, 0.4) is 0 Å². The van der Waals surface area contributed by atoms with E-state index in [2.05, 4.69) is 19.2 Å². The Morgan fingerprint density at radius 2 is 1.09 bits per heavy atom. The first-order valence-corrected chi connectivity index (χ1v) is 30.3. The molecule has 430 valence electrons. The Balaban J connectivity index is 0.911. The maximum atomic E-state index is 13.8. The van der Waals surface area contributed by atoms with E-state index in [1.165, 1.54) is 35.7 Å². The van der Waals surface area contributed by atoms with Crippen molar-refractivity contribution in [1.29, 1.82) is 5.26 Å². The second-order valence-corrected chi connectivity index (χ2v) is 23.6. The second kappa shape index (κ2) is 33.9. The number of fused-ring (bicyclic) bond motifs is 1. The molecule has 5 unspecified atom stereocenters. The number of nitriles is 1. The highest BCUT2D eigenvalue weighted by Gasteiger charge is 2.46. The summed E-state index contributed by atoms with van der Waals surface area (Å²) >= 11 is 2.52. The average Bonchev–Trinajstić information content (AvgIpc) is 3.90. The number of aliphatic hydroxyl groups is 3. The van der Waals surface area contributed by atoms with Crippen molar-refractivity contribution in [3.05, 3.63) is 58.8 Å². The van der Waals surface area contributed by atoms with E-state index < -0.39 is 47.2 Å². The van der Waals surface area contributed by atoms with Crippen LogP contribution in [0.15, 0.2) is 58.8 Å². The van der Waals surface area contributed by atoms with Crippen LogP contribution in [0.4, 0.5) is 0 Å². The fourth-order valence-electron chi connectivity index (χ4n) is 10.8. The maximum Gasteiger partial charge on any atom is 0.330 e. The lowest BCUT2D eigenvalue weighted by atomic mass is 9.81. The minimum atomic E-state index is -1.46. The predicted molar refractivity (Wildman–Crippen MR) is 290 cm³/mol. The second-order valence-electron chi connectivity index (χ2n) is 21.0. The Hall–Kier alpha value is -3.55. The first kappa shape index (κ1) is 62.6. The van der Waals surface area contributed by atoms with E-state index in [1.54, 1.807) is 19.1 Å². The minimum Gasteiger partial charge on any atom is -0.463 e. The Morgan fingerprint density at radius 3 is 1.58 bits per heavy atom. The van der Waals surface area contributed by atoms with Gasteiger partial charge in [-0.15, -0.1) is 23.5 Å². The first-order chi connectivity index (χ1) is 37.4. The van der Waals surface area contributed by atoms with Gasteiger partial charge in [-0.05, 0) is 160 Å². The molecule has 0 aromatic heterocycles. The molecule has 0 radical (unpaired) electrons. The smallest absolute Gasteiger partial charge is 0.330 e. The molecule has 5 fully saturated rings. The topological polar surface area (TPSA) is 236 Å². The molecule has 6 aliphatic rings. The van der Waals surface area contributed by atoms with Crippen LogP contribution in [0.25, 0.3) is 0 Å². The number of nitrogens with zero attached hydrogens (tertiary/aromatic N) is 1. The Bertz CT molecular complexity index is 2030. The van der Waals surface area contributed by atoms with Crippen molar-refractivity contribution in [3.63, 3.8) is 0 Å². The maximum absolute atomic E-state index is 13.8. The summed E-state index contributed by atoms with van der Waals surface area (Å²) < 4.78 is 52.7. The van der Waals surface area contributed by atoms with E-state index in [-0.39, 0.29) is 66.3 Å². The van der Waals surface area contributed by atoms with Gasteiger partial charge in [0.1, 0.15) is 29.3 Å². The summed E-state index contributed by atoms with van der Waals surface area (Å²) in [5.41, 5.74) is 0.0253. The van der Waals surface area contributed by atoms with E-state index in [1.807, 2.05) is 0 Å². The van der Waals surface area contributed by atoms with Gasteiger partial charge in [-0.3, -0.25) is 14.4 Å². The first-order valence-electron chi connectivity index (χ1n) is 28.5. The van der Waals surface area contributed by atoms with Crippen molar-refractivity contribution in [2.45, 2.75) is 215 Å². The molecule has 0 aromatic rings. The number of hydrogen-bond donors (Lipinski definition) is 3. The van der Waals surface area contributed by atoms with Crippen molar-refractivity contribution in [3.8, 4) is 6.07 Å². The molecule has 1 saturated heterocycles. The fraction of sp³-hybridized carbons (Fsp3) is 0.741. The molecule has 1 aliphatic heterocycles. The molecule has 0 bridgehead atoms. The van der Waals surface area contributed by atoms with Gasteiger partial charge in [-0.1, -0.05) is 32.4 Å². The molecule has 5 aliphatic carbocycles. The molecule has 19 heteroatoms. The number of aliphatic hydroxyl groups excluding tert-OH is 3. The lowest BCUT2D eigenvalue weighted by Gasteiger charge is -2.35. The molecule has 0 spiro atoms. The van der Waals surface area contributed by atoms with Gasteiger partial charge in [0.05, 0.1) is 64.0 Å². The highest BCUT2D eigenvalue weighted by Crippen LogP contribution is 2.55. The van der Waals surface area contributed by atoms with Gasteiger partial charge in [0.2, 0.25) is 0 Å². The highest BCUT2D eigenvalue weighted by molar-refractivity contribution is 8.26. The summed E-state index contributed by atoms with van der Waals surface area (Å²) in [7, 11) is 0. The molecule has 1 heterocycles. The van der Waals surface area contributed by atoms with Crippen LogP contribution >= 0.6 is 23.5 Å². The largest absolute Gasteiger partial charge is 0.463 e. The number of unbranched alkanes of at least 4 members (excludes halogenated alkanes) is 6. The predicted octanol–water partition coefficient (Wildman–Crippen LogP) is 9.68. The van der Waals surface area contributed by atoms with Crippen molar-refractivity contribution in [2.24, 2.45) is 23.7 Å². The van der Waals surface area contributed by atoms with Crippen LogP contribution in [0.2, 0.25) is 0 Å². The SMILES string of the molecule is C=CC(=O)OCCCCCCOC1CCC(OC(=O)C2CCC(C(=O)OC3=CC=C(OC(=O)C4CCC(C(O)OC5CCC(OCCCCCCOC(O)C=C)CC5)CC4)C4S/C(=C(\C#N)C(O)OCC)SC34)CC2)CC1. The Kier molecular flexibility index (Phi) is 27.6. The van der Waals surface area contributed by atoms with Gasteiger partial charge in [0, 0.05) is 31.8 Å². The van der Waals surface area contributed by atoms with E-state index in [0.29, 0.717) is 93.5 Å². The van der Waals surface area contributed by atoms with Crippen molar-refractivity contribution < 1.29 is 77.1 Å². The molecule has 6 rings (SSSR count). The van der Waals surface area contributed by atoms with Crippen LogP contribution in [0.5, 0.6) is 0 Å². The molecule has 3 N–H and O–H groups in total. The zero-order valence-electron chi connectivity index (χ0n) is 45.1. The summed E-state index contributed by atoms with van der Waals surface area (Å²) in [6.07, 6.45) is 21.1. The number of thioether (sulfide) groups is 2. The number of rotatable bonds is 31. The number of esters is 4. The average molecular weight is 1120 g/mol. The molecular weight excluding hydrogens is 1030 g/mol. The van der Waals surface area contributed by atoms with Gasteiger partial charge in [0.25, 0.3) is 0 Å². The summed E-state index contributed by atoms with van der Waals surface area (Å²) in [4.78, 5) is 52.0. The van der Waals surface area contributed by atoms with Crippen LogP contribution in [-0.4, -0.2) is 126 Å². The van der Waals surface area contributed by atoms with Gasteiger partial charge in [-0.25, -0.2) is 4.79 Å². The third-order valence-electron chi connectivity index (χ3n) is 15.5. The minimum absolute atomic E-state index is 0.0253. The van der Waals surface area contributed by atoms with Crippen LogP contribution < -0.4 is 0 Å². The third-order valence-corrected chi connectivity index (χ3v) is 18.6. The lowest BCUT2D eigenvalue weighted by molar-refractivity contribution is -0.185. The Labute approximate surface area is 464 Å². The molecule has 0 aromatic carbocycles. The van der Waals surface area contributed by atoms with Crippen molar-refractivity contribution in [2.75, 3.05) is 33.0 Å². The number of carbonyl (C=O) groups excluding carboxylic acids is 4. The molecule has 4 saturated carbocycles.